The third-order valence-electron chi connectivity index (χ3n) is 4.00. The van der Waals surface area contributed by atoms with Gasteiger partial charge in [0.25, 0.3) is 0 Å². The summed E-state index contributed by atoms with van der Waals surface area (Å²) < 4.78 is 1.12. The van der Waals surface area contributed by atoms with Crippen LogP contribution >= 0.6 is 15.9 Å². The van der Waals surface area contributed by atoms with Crippen molar-refractivity contribution < 1.29 is 5.11 Å². The number of halogens is 1. The van der Waals surface area contributed by atoms with Crippen LogP contribution in [0.5, 0.6) is 0 Å². The van der Waals surface area contributed by atoms with Crippen LogP contribution in [0.1, 0.15) is 12.0 Å². The molecule has 0 amide bonds. The van der Waals surface area contributed by atoms with Crippen LogP contribution in [0, 0.1) is 5.92 Å². The van der Waals surface area contributed by atoms with Gasteiger partial charge in [-0.05, 0) is 44.8 Å². The van der Waals surface area contributed by atoms with Gasteiger partial charge in [0, 0.05) is 36.1 Å². The van der Waals surface area contributed by atoms with Crippen molar-refractivity contribution in [1.29, 1.82) is 0 Å². The Bertz CT molecular complexity index is 394. The zero-order chi connectivity index (χ0) is 13.8. The minimum Gasteiger partial charge on any atom is -0.396 e. The average molecular weight is 327 g/mol. The quantitative estimate of drug-likeness (QED) is 0.918. The van der Waals surface area contributed by atoms with Crippen molar-refractivity contribution in [3.8, 4) is 0 Å². The van der Waals surface area contributed by atoms with Gasteiger partial charge in [-0.25, -0.2) is 0 Å². The molecule has 1 fully saturated rings. The zero-order valence-corrected chi connectivity index (χ0v) is 13.3. The first-order chi connectivity index (χ1) is 9.10. The number of benzene rings is 1. The third kappa shape index (κ3) is 4.02. The predicted octanol–water partition coefficient (Wildman–Crippen LogP) is 2.19. The molecule has 0 spiro atoms. The predicted molar refractivity (Wildman–Crippen MR) is 82.1 cm³/mol. The molecule has 0 saturated carbocycles. The van der Waals surface area contributed by atoms with Gasteiger partial charge in [-0.15, -0.1) is 0 Å². The summed E-state index contributed by atoms with van der Waals surface area (Å²) in [5, 5.41) is 9.57. The van der Waals surface area contributed by atoms with Crippen molar-refractivity contribution >= 4 is 15.9 Å². The Morgan fingerprint density at radius 2 is 2.00 bits per heavy atom. The molecule has 19 heavy (non-hydrogen) atoms. The van der Waals surface area contributed by atoms with E-state index >= 15 is 0 Å². The molecule has 3 nitrogen and oxygen atoms in total. The number of aliphatic hydroxyl groups is 1. The second-order valence-corrected chi connectivity index (χ2v) is 6.54. The van der Waals surface area contributed by atoms with Crippen LogP contribution in [0.2, 0.25) is 0 Å². The van der Waals surface area contributed by atoms with Gasteiger partial charge in [-0.1, -0.05) is 28.1 Å². The van der Waals surface area contributed by atoms with Crippen molar-refractivity contribution in [2.24, 2.45) is 5.92 Å². The summed E-state index contributed by atoms with van der Waals surface area (Å²) in [5.41, 5.74) is 1.34. The van der Waals surface area contributed by atoms with E-state index in [2.05, 4.69) is 64.1 Å². The molecule has 1 aromatic carbocycles. The van der Waals surface area contributed by atoms with Crippen molar-refractivity contribution in [1.82, 2.24) is 9.80 Å². The highest BCUT2D eigenvalue weighted by Crippen LogP contribution is 2.22. The van der Waals surface area contributed by atoms with E-state index in [4.69, 9.17) is 0 Å². The van der Waals surface area contributed by atoms with E-state index in [0.29, 0.717) is 12.0 Å². The number of hydrogen-bond acceptors (Lipinski definition) is 3. The summed E-state index contributed by atoms with van der Waals surface area (Å²) in [5.74, 6) is 0.360. The van der Waals surface area contributed by atoms with Crippen molar-refractivity contribution in [2.45, 2.75) is 19.0 Å². The fraction of sp³-hybridized carbons (Fsp3) is 0.600. The van der Waals surface area contributed by atoms with Gasteiger partial charge in [0.1, 0.15) is 0 Å². The summed E-state index contributed by atoms with van der Waals surface area (Å²) in [6.07, 6.45) is 1.13. The van der Waals surface area contributed by atoms with Gasteiger partial charge in [0.05, 0.1) is 0 Å². The minimum atomic E-state index is 0.277. The minimum absolute atomic E-state index is 0.277. The van der Waals surface area contributed by atoms with Crippen LogP contribution in [-0.2, 0) is 6.54 Å². The number of hydrogen-bond donors (Lipinski definition) is 1. The Balaban J connectivity index is 1.94. The van der Waals surface area contributed by atoms with Crippen LogP contribution in [0.15, 0.2) is 28.7 Å². The highest BCUT2D eigenvalue weighted by molar-refractivity contribution is 9.10. The molecule has 106 valence electrons. The smallest absolute Gasteiger partial charge is 0.0486 e. The SMILES string of the molecule is CN(C)[C@@H]1CCN(Cc2ccc(Br)cc2)C[C@@H]1CO. The Morgan fingerprint density at radius 1 is 1.32 bits per heavy atom. The molecule has 1 aliphatic heterocycles. The lowest BCUT2D eigenvalue weighted by Crippen LogP contribution is -2.49. The number of aliphatic hydroxyl groups excluding tert-OH is 1. The van der Waals surface area contributed by atoms with E-state index in [1.807, 2.05) is 0 Å². The van der Waals surface area contributed by atoms with E-state index < -0.39 is 0 Å². The lowest BCUT2D eigenvalue weighted by molar-refractivity contribution is 0.0454. The van der Waals surface area contributed by atoms with E-state index in [9.17, 15) is 5.11 Å². The molecule has 1 heterocycles. The normalized spacial score (nSPS) is 24.9. The van der Waals surface area contributed by atoms with Crippen LogP contribution < -0.4 is 0 Å². The second-order valence-electron chi connectivity index (χ2n) is 5.62. The standard InChI is InChI=1S/C15H23BrN2O/c1-17(2)15-7-8-18(10-13(15)11-19)9-12-3-5-14(16)6-4-12/h3-6,13,15,19H,7-11H2,1-2H3/t13-,15-/m1/s1. The second kappa shape index (κ2) is 6.84. The maximum absolute atomic E-state index is 9.57. The fourth-order valence-corrected chi connectivity index (χ4v) is 3.21. The topological polar surface area (TPSA) is 26.7 Å². The molecule has 0 bridgehead atoms. The number of rotatable bonds is 4. The van der Waals surface area contributed by atoms with Crippen LogP contribution in [0.3, 0.4) is 0 Å². The molecule has 0 aromatic heterocycles. The van der Waals surface area contributed by atoms with Crippen molar-refractivity contribution in [2.75, 3.05) is 33.8 Å². The molecule has 0 aliphatic carbocycles. The lowest BCUT2D eigenvalue weighted by atomic mass is 9.91. The number of likely N-dealkylation sites (tertiary alicyclic amines) is 1. The van der Waals surface area contributed by atoms with E-state index in [1.165, 1.54) is 5.56 Å². The molecule has 1 aromatic rings. The third-order valence-corrected chi connectivity index (χ3v) is 4.52. The van der Waals surface area contributed by atoms with Gasteiger partial charge in [-0.3, -0.25) is 4.90 Å². The first-order valence-corrected chi connectivity index (χ1v) is 7.63. The summed E-state index contributed by atoms with van der Waals surface area (Å²) in [7, 11) is 4.22. The molecule has 0 unspecified atom stereocenters. The van der Waals surface area contributed by atoms with Crippen LogP contribution in [0.4, 0.5) is 0 Å². The number of nitrogens with zero attached hydrogens (tertiary/aromatic N) is 2. The van der Waals surface area contributed by atoms with Gasteiger partial charge in [0.15, 0.2) is 0 Å². The molecular weight excluding hydrogens is 304 g/mol. The van der Waals surface area contributed by atoms with Gasteiger partial charge in [-0.2, -0.15) is 0 Å². The largest absolute Gasteiger partial charge is 0.396 e. The molecule has 2 rings (SSSR count). The monoisotopic (exact) mass is 326 g/mol. The first-order valence-electron chi connectivity index (χ1n) is 6.84. The zero-order valence-electron chi connectivity index (χ0n) is 11.7. The highest BCUT2D eigenvalue weighted by atomic mass is 79.9. The van der Waals surface area contributed by atoms with Gasteiger partial charge >= 0.3 is 0 Å². The lowest BCUT2D eigenvalue weighted by Gasteiger charge is -2.40. The molecule has 4 heteroatoms. The molecular formula is C15H23BrN2O. The number of piperidine rings is 1. The first kappa shape index (κ1) is 15.0. The molecule has 0 radical (unpaired) electrons. The molecule has 2 atom stereocenters. The summed E-state index contributed by atoms with van der Waals surface area (Å²) in [4.78, 5) is 4.70. The maximum Gasteiger partial charge on any atom is 0.0486 e. The van der Waals surface area contributed by atoms with Crippen molar-refractivity contribution in [3.63, 3.8) is 0 Å². The van der Waals surface area contributed by atoms with Gasteiger partial charge in [0.2, 0.25) is 0 Å². The van der Waals surface area contributed by atoms with E-state index in [0.717, 1.165) is 30.5 Å². The summed E-state index contributed by atoms with van der Waals surface area (Å²) in [6.45, 7) is 3.34. The van der Waals surface area contributed by atoms with E-state index in [-0.39, 0.29) is 6.61 Å². The van der Waals surface area contributed by atoms with E-state index in [1.54, 1.807) is 0 Å². The summed E-state index contributed by atoms with van der Waals surface area (Å²) >= 11 is 3.46. The average Bonchev–Trinajstić information content (AvgIpc) is 2.41. The molecule has 1 saturated heterocycles. The fourth-order valence-electron chi connectivity index (χ4n) is 2.95. The Morgan fingerprint density at radius 3 is 2.58 bits per heavy atom. The van der Waals surface area contributed by atoms with Crippen LogP contribution in [0.25, 0.3) is 0 Å². The molecule has 1 N–H and O–H groups in total. The van der Waals surface area contributed by atoms with Crippen LogP contribution in [-0.4, -0.2) is 54.7 Å². The Kier molecular flexibility index (Phi) is 5.39. The van der Waals surface area contributed by atoms with Gasteiger partial charge < -0.3 is 10.0 Å². The van der Waals surface area contributed by atoms with Crippen molar-refractivity contribution in [3.05, 3.63) is 34.3 Å². The summed E-state index contributed by atoms with van der Waals surface area (Å²) in [6, 6.07) is 9.01. The Hall–Kier alpha value is -0.420. The molecule has 1 aliphatic rings. The highest BCUT2D eigenvalue weighted by Gasteiger charge is 2.29. The maximum atomic E-state index is 9.57. The Labute approximate surface area is 124 Å².